The smallest absolute Gasteiger partial charge is 0.261 e. The molecule has 6 nitrogen and oxygen atoms in total. The molecule has 27 heavy (non-hydrogen) atoms. The zero-order valence-corrected chi connectivity index (χ0v) is 15.6. The number of ether oxygens (including phenoxy) is 1. The van der Waals surface area contributed by atoms with Crippen molar-refractivity contribution in [1.29, 1.82) is 0 Å². The number of fused-ring (bicyclic) bond motifs is 1. The number of carbonyl (C=O) groups excluding carboxylic acids is 2. The highest BCUT2D eigenvalue weighted by Gasteiger charge is 2.09. The topological polar surface area (TPSA) is 79.8 Å². The maximum atomic E-state index is 11.9. The van der Waals surface area contributed by atoms with E-state index in [4.69, 9.17) is 4.74 Å². The molecule has 0 spiro atoms. The summed E-state index contributed by atoms with van der Waals surface area (Å²) in [7, 11) is 0. The number of nitrogens with one attached hydrogen (secondary N) is 2. The fraction of sp³-hybridized carbons (Fsp3) is 0.150. The van der Waals surface area contributed by atoms with Gasteiger partial charge >= 0.3 is 0 Å². The van der Waals surface area contributed by atoms with Crippen molar-refractivity contribution in [2.75, 3.05) is 13.2 Å². The molecular formula is C20H19N3O3S. The van der Waals surface area contributed by atoms with E-state index in [0.29, 0.717) is 17.2 Å². The third-order valence-electron chi connectivity index (χ3n) is 3.77. The molecule has 0 atom stereocenters. The molecule has 0 aliphatic heterocycles. The average Bonchev–Trinajstić information content (AvgIpc) is 3.22. The highest BCUT2D eigenvalue weighted by Crippen LogP contribution is 2.26. The molecule has 0 saturated heterocycles. The van der Waals surface area contributed by atoms with Gasteiger partial charge in [0, 0.05) is 5.56 Å². The van der Waals surface area contributed by atoms with Gasteiger partial charge in [0.15, 0.2) is 0 Å². The Bertz CT molecular complexity index is 968. The van der Waals surface area contributed by atoms with Crippen LogP contribution in [0.5, 0.6) is 5.75 Å². The fourth-order valence-corrected chi connectivity index (χ4v) is 3.19. The second-order valence-corrected chi connectivity index (χ2v) is 6.53. The second-order valence-electron chi connectivity index (χ2n) is 5.58. The number of thiophene rings is 1. The Morgan fingerprint density at radius 1 is 1.15 bits per heavy atom. The molecule has 7 heteroatoms. The van der Waals surface area contributed by atoms with E-state index in [1.807, 2.05) is 43.3 Å². The molecule has 0 bridgehead atoms. The molecule has 0 fully saturated rings. The lowest BCUT2D eigenvalue weighted by Crippen LogP contribution is -2.34. The van der Waals surface area contributed by atoms with Gasteiger partial charge in [-0.25, -0.2) is 5.43 Å². The van der Waals surface area contributed by atoms with Gasteiger partial charge in [-0.1, -0.05) is 36.4 Å². The van der Waals surface area contributed by atoms with Crippen LogP contribution < -0.4 is 15.5 Å². The van der Waals surface area contributed by atoms with Crippen molar-refractivity contribution < 1.29 is 14.3 Å². The fourth-order valence-electron chi connectivity index (χ4n) is 2.55. The Balaban J connectivity index is 1.66. The zero-order chi connectivity index (χ0) is 19.1. The lowest BCUT2D eigenvalue weighted by molar-refractivity contribution is -0.120. The molecule has 1 aromatic heterocycles. The number of hydrogen-bond donors (Lipinski definition) is 2. The quantitative estimate of drug-likeness (QED) is 0.487. The van der Waals surface area contributed by atoms with Gasteiger partial charge in [-0.15, -0.1) is 11.3 Å². The summed E-state index contributed by atoms with van der Waals surface area (Å²) in [6.45, 7) is 2.29. The largest absolute Gasteiger partial charge is 0.493 e. The highest BCUT2D eigenvalue weighted by molar-refractivity contribution is 7.12. The maximum absolute atomic E-state index is 11.9. The Labute approximate surface area is 160 Å². The summed E-state index contributed by atoms with van der Waals surface area (Å²) in [6, 6.07) is 15.2. The monoisotopic (exact) mass is 381 g/mol. The van der Waals surface area contributed by atoms with Gasteiger partial charge in [0.2, 0.25) is 0 Å². The van der Waals surface area contributed by atoms with Gasteiger partial charge in [-0.3, -0.25) is 9.59 Å². The van der Waals surface area contributed by atoms with E-state index >= 15 is 0 Å². The SMILES string of the molecule is CCOc1ccc2ccccc2c1/C=N/NC(=O)CNC(=O)c1cccs1. The average molecular weight is 381 g/mol. The predicted octanol–water partition coefficient (Wildman–Crippen LogP) is 3.18. The van der Waals surface area contributed by atoms with E-state index in [1.165, 1.54) is 11.3 Å². The summed E-state index contributed by atoms with van der Waals surface area (Å²) in [4.78, 5) is 24.3. The summed E-state index contributed by atoms with van der Waals surface area (Å²) in [5.41, 5.74) is 3.22. The Kier molecular flexibility index (Phi) is 6.17. The first-order valence-electron chi connectivity index (χ1n) is 8.47. The summed E-state index contributed by atoms with van der Waals surface area (Å²) in [5, 5.41) is 10.4. The van der Waals surface area contributed by atoms with E-state index in [9.17, 15) is 9.59 Å². The number of hydrogen-bond acceptors (Lipinski definition) is 5. The Morgan fingerprint density at radius 2 is 2.00 bits per heavy atom. The van der Waals surface area contributed by atoms with Crippen molar-refractivity contribution >= 4 is 40.1 Å². The van der Waals surface area contributed by atoms with E-state index in [2.05, 4.69) is 15.8 Å². The van der Waals surface area contributed by atoms with Gasteiger partial charge in [0.05, 0.1) is 24.2 Å². The molecule has 2 N–H and O–H groups in total. The summed E-state index contributed by atoms with van der Waals surface area (Å²) in [5.74, 6) is 0.00589. The molecule has 1 heterocycles. The number of nitrogens with zero attached hydrogens (tertiary/aromatic N) is 1. The molecular weight excluding hydrogens is 362 g/mol. The van der Waals surface area contributed by atoms with Gasteiger partial charge in [-0.05, 0) is 35.2 Å². The molecule has 3 aromatic rings. The van der Waals surface area contributed by atoms with Gasteiger partial charge in [0.1, 0.15) is 5.75 Å². The minimum Gasteiger partial charge on any atom is -0.493 e. The van der Waals surface area contributed by atoms with Crippen molar-refractivity contribution in [2.24, 2.45) is 5.10 Å². The van der Waals surface area contributed by atoms with Crippen molar-refractivity contribution in [1.82, 2.24) is 10.7 Å². The third-order valence-corrected chi connectivity index (χ3v) is 4.64. The van der Waals surface area contributed by atoms with Crippen LogP contribution in [0.2, 0.25) is 0 Å². The number of hydrazone groups is 1. The first-order chi connectivity index (χ1) is 13.2. The Morgan fingerprint density at radius 3 is 2.78 bits per heavy atom. The van der Waals surface area contributed by atoms with Crippen LogP contribution in [-0.4, -0.2) is 31.2 Å². The van der Waals surface area contributed by atoms with Crippen LogP contribution >= 0.6 is 11.3 Å². The molecule has 0 radical (unpaired) electrons. The van der Waals surface area contributed by atoms with Gasteiger partial charge < -0.3 is 10.1 Å². The second kappa shape index (κ2) is 8.95. The van der Waals surface area contributed by atoms with Crippen LogP contribution in [0.3, 0.4) is 0 Å². The molecule has 138 valence electrons. The number of rotatable bonds is 7. The summed E-state index contributed by atoms with van der Waals surface area (Å²) in [6.07, 6.45) is 1.56. The highest BCUT2D eigenvalue weighted by atomic mass is 32.1. The van der Waals surface area contributed by atoms with Crippen molar-refractivity contribution in [3.63, 3.8) is 0 Å². The minimum atomic E-state index is -0.408. The van der Waals surface area contributed by atoms with Crippen molar-refractivity contribution in [3.8, 4) is 5.75 Å². The Hall–Kier alpha value is -3.19. The predicted molar refractivity (Wildman–Crippen MR) is 108 cm³/mol. The van der Waals surface area contributed by atoms with Gasteiger partial charge in [0.25, 0.3) is 11.8 Å². The minimum absolute atomic E-state index is 0.151. The molecule has 3 rings (SSSR count). The van der Waals surface area contributed by atoms with Gasteiger partial charge in [-0.2, -0.15) is 5.10 Å². The van der Waals surface area contributed by atoms with Crippen LogP contribution in [0.1, 0.15) is 22.2 Å². The number of amides is 2. The normalized spacial score (nSPS) is 10.9. The molecule has 0 aliphatic carbocycles. The lowest BCUT2D eigenvalue weighted by atomic mass is 10.0. The summed E-state index contributed by atoms with van der Waals surface area (Å²) >= 11 is 1.32. The van der Waals surface area contributed by atoms with E-state index in [0.717, 1.165) is 16.3 Å². The van der Waals surface area contributed by atoms with Crippen LogP contribution in [0.4, 0.5) is 0 Å². The number of benzene rings is 2. The standard InChI is InChI=1S/C20H19N3O3S/c1-2-26-17-10-9-14-6-3-4-7-15(14)16(17)12-22-23-19(24)13-21-20(25)18-8-5-11-27-18/h3-12H,2,13H2,1H3,(H,21,25)(H,23,24)/b22-12+. The first-order valence-corrected chi connectivity index (χ1v) is 9.35. The van der Waals surface area contributed by atoms with Crippen LogP contribution in [0.25, 0.3) is 10.8 Å². The summed E-state index contributed by atoms with van der Waals surface area (Å²) < 4.78 is 5.66. The third kappa shape index (κ3) is 4.71. The molecule has 2 aromatic carbocycles. The molecule has 0 unspecified atom stereocenters. The number of carbonyl (C=O) groups is 2. The van der Waals surface area contributed by atoms with Crippen molar-refractivity contribution in [3.05, 3.63) is 64.4 Å². The van der Waals surface area contributed by atoms with Crippen LogP contribution in [0, 0.1) is 0 Å². The van der Waals surface area contributed by atoms with E-state index < -0.39 is 5.91 Å². The molecule has 0 aliphatic rings. The first kappa shape index (κ1) is 18.6. The van der Waals surface area contributed by atoms with Crippen LogP contribution in [-0.2, 0) is 4.79 Å². The van der Waals surface area contributed by atoms with Crippen molar-refractivity contribution in [2.45, 2.75) is 6.92 Å². The zero-order valence-electron chi connectivity index (χ0n) is 14.8. The maximum Gasteiger partial charge on any atom is 0.261 e. The van der Waals surface area contributed by atoms with E-state index in [1.54, 1.807) is 23.7 Å². The molecule has 2 amide bonds. The van der Waals surface area contributed by atoms with Crippen LogP contribution in [0.15, 0.2) is 59.0 Å². The van der Waals surface area contributed by atoms with E-state index in [-0.39, 0.29) is 12.5 Å². The molecule has 0 saturated carbocycles. The lowest BCUT2D eigenvalue weighted by Gasteiger charge is -2.10.